The van der Waals surface area contributed by atoms with Gasteiger partial charge in [0.1, 0.15) is 12.1 Å². The Hall–Kier alpha value is -2.38. The molecule has 0 spiro atoms. The van der Waals surface area contributed by atoms with Crippen LogP contribution in [0, 0.1) is 5.92 Å². The van der Waals surface area contributed by atoms with E-state index in [0.29, 0.717) is 13.1 Å². The number of carbonyl (C=O) groups is 4. The van der Waals surface area contributed by atoms with E-state index in [1.165, 1.54) is 12.0 Å². The predicted octanol–water partition coefficient (Wildman–Crippen LogP) is 0.753. The molecule has 0 aromatic rings. The monoisotopic (exact) mass is 368 g/mol. The molecule has 1 unspecified atom stereocenters. The van der Waals surface area contributed by atoms with Crippen molar-refractivity contribution in [2.45, 2.75) is 46.3 Å². The Labute approximate surface area is 154 Å². The van der Waals surface area contributed by atoms with Crippen LogP contribution in [0.5, 0.6) is 0 Å². The Morgan fingerprint density at radius 1 is 1.12 bits per heavy atom. The van der Waals surface area contributed by atoms with Crippen LogP contribution in [0.25, 0.3) is 0 Å². The van der Waals surface area contributed by atoms with Gasteiger partial charge in [0, 0.05) is 37.6 Å². The summed E-state index contributed by atoms with van der Waals surface area (Å²) in [7, 11) is 1.20. The van der Waals surface area contributed by atoms with Crippen LogP contribution >= 0.6 is 0 Å². The van der Waals surface area contributed by atoms with Crippen LogP contribution in [0.2, 0.25) is 0 Å². The fraction of sp³-hybridized carbons (Fsp3) is 0.667. The molecular formula is C18H28N2O6. The smallest absolute Gasteiger partial charge is 0.331 e. The average Bonchev–Trinajstić information content (AvgIpc) is 3.03. The minimum Gasteiger partial charge on any atom is -0.466 e. The average molecular weight is 368 g/mol. The van der Waals surface area contributed by atoms with E-state index in [4.69, 9.17) is 4.74 Å². The third-order valence-corrected chi connectivity index (χ3v) is 4.24. The zero-order valence-corrected chi connectivity index (χ0v) is 16.1. The second-order valence-corrected chi connectivity index (χ2v) is 6.32. The van der Waals surface area contributed by atoms with Crippen molar-refractivity contribution >= 4 is 23.8 Å². The molecule has 1 heterocycles. The first-order valence-electron chi connectivity index (χ1n) is 8.80. The summed E-state index contributed by atoms with van der Waals surface area (Å²) in [6.45, 7) is 8.52. The lowest BCUT2D eigenvalue weighted by molar-refractivity contribution is -0.145. The second kappa shape index (κ2) is 9.94. The number of carbonyl (C=O) groups excluding carboxylic acids is 4. The molecule has 146 valence electrons. The summed E-state index contributed by atoms with van der Waals surface area (Å²) >= 11 is 0. The fourth-order valence-electron chi connectivity index (χ4n) is 2.85. The van der Waals surface area contributed by atoms with E-state index in [9.17, 15) is 19.2 Å². The van der Waals surface area contributed by atoms with Crippen molar-refractivity contribution in [2.24, 2.45) is 5.92 Å². The molecule has 0 bridgehead atoms. The number of amides is 2. The first-order valence-corrected chi connectivity index (χ1v) is 8.80. The molecule has 2 atom stereocenters. The molecule has 1 fully saturated rings. The van der Waals surface area contributed by atoms with Gasteiger partial charge in [-0.2, -0.15) is 0 Å². The Morgan fingerprint density at radius 3 is 2.19 bits per heavy atom. The molecule has 26 heavy (non-hydrogen) atoms. The molecule has 1 aliphatic rings. The molecule has 0 aromatic carbocycles. The highest BCUT2D eigenvalue weighted by Crippen LogP contribution is 2.24. The van der Waals surface area contributed by atoms with Gasteiger partial charge in [-0.1, -0.05) is 13.8 Å². The van der Waals surface area contributed by atoms with E-state index in [1.54, 1.807) is 18.7 Å². The highest BCUT2D eigenvalue weighted by molar-refractivity contribution is 5.92. The van der Waals surface area contributed by atoms with Crippen molar-refractivity contribution in [2.75, 3.05) is 26.7 Å². The fourth-order valence-corrected chi connectivity index (χ4v) is 2.85. The van der Waals surface area contributed by atoms with E-state index in [2.05, 4.69) is 4.74 Å². The third-order valence-electron chi connectivity index (χ3n) is 4.24. The van der Waals surface area contributed by atoms with Crippen LogP contribution in [0.15, 0.2) is 12.2 Å². The van der Waals surface area contributed by atoms with Crippen molar-refractivity contribution in [3.63, 3.8) is 0 Å². The lowest BCUT2D eigenvalue weighted by Gasteiger charge is -2.29. The number of ether oxygens (including phenoxy) is 2. The summed E-state index contributed by atoms with van der Waals surface area (Å²) in [5.41, 5.74) is 0. The number of likely N-dealkylation sites (tertiary alicyclic amines) is 1. The third kappa shape index (κ3) is 5.57. The highest BCUT2D eigenvalue weighted by atomic mass is 16.5. The Bertz CT molecular complexity index is 568. The molecule has 8 heteroatoms. The van der Waals surface area contributed by atoms with Gasteiger partial charge in [0.05, 0.1) is 13.7 Å². The molecule has 0 N–H and O–H groups in total. The Kier molecular flexibility index (Phi) is 8.28. The molecule has 1 rings (SSSR count). The maximum atomic E-state index is 12.7. The lowest BCUT2D eigenvalue weighted by atomic mass is 10.1. The van der Waals surface area contributed by atoms with E-state index in [-0.39, 0.29) is 30.7 Å². The van der Waals surface area contributed by atoms with E-state index >= 15 is 0 Å². The quantitative estimate of drug-likeness (QED) is 0.486. The van der Waals surface area contributed by atoms with Crippen LogP contribution in [-0.2, 0) is 28.7 Å². The summed E-state index contributed by atoms with van der Waals surface area (Å²) < 4.78 is 9.70. The van der Waals surface area contributed by atoms with Crippen molar-refractivity contribution < 1.29 is 28.7 Å². The normalized spacial score (nSPS) is 19.7. The van der Waals surface area contributed by atoms with Crippen LogP contribution in [0.1, 0.15) is 34.1 Å². The maximum absolute atomic E-state index is 12.7. The largest absolute Gasteiger partial charge is 0.466 e. The minimum atomic E-state index is -0.715. The first-order chi connectivity index (χ1) is 12.2. The van der Waals surface area contributed by atoms with Gasteiger partial charge in [0.2, 0.25) is 11.8 Å². The summed E-state index contributed by atoms with van der Waals surface area (Å²) in [6.07, 6.45) is 1.58. The minimum absolute atomic E-state index is 0.146. The SMILES string of the molecule is CCN(CC)C(=O)C1C[C@@H](OC(=O)/C=C/C(=O)OC)CN1C(=O)C(C)C. The van der Waals surface area contributed by atoms with Gasteiger partial charge in [-0.05, 0) is 13.8 Å². The topological polar surface area (TPSA) is 93.2 Å². The van der Waals surface area contributed by atoms with E-state index in [0.717, 1.165) is 12.2 Å². The molecule has 1 aliphatic heterocycles. The van der Waals surface area contributed by atoms with Crippen LogP contribution in [0.4, 0.5) is 0 Å². The number of hydrogen-bond acceptors (Lipinski definition) is 6. The van der Waals surface area contributed by atoms with Gasteiger partial charge in [-0.25, -0.2) is 9.59 Å². The van der Waals surface area contributed by atoms with Crippen LogP contribution in [0.3, 0.4) is 0 Å². The summed E-state index contributed by atoms with van der Waals surface area (Å²) in [5.74, 6) is -1.95. The van der Waals surface area contributed by atoms with Gasteiger partial charge in [-0.3, -0.25) is 9.59 Å². The van der Waals surface area contributed by atoms with E-state index in [1.807, 2.05) is 13.8 Å². The highest BCUT2D eigenvalue weighted by Gasteiger charge is 2.42. The maximum Gasteiger partial charge on any atom is 0.331 e. The van der Waals surface area contributed by atoms with Crippen LogP contribution in [-0.4, -0.2) is 72.4 Å². The Balaban J connectivity index is 2.88. The molecular weight excluding hydrogens is 340 g/mol. The zero-order valence-electron chi connectivity index (χ0n) is 16.1. The van der Waals surface area contributed by atoms with Gasteiger partial charge in [-0.15, -0.1) is 0 Å². The van der Waals surface area contributed by atoms with Gasteiger partial charge < -0.3 is 19.3 Å². The molecule has 0 aromatic heterocycles. The number of methoxy groups -OCH3 is 1. The summed E-state index contributed by atoms with van der Waals surface area (Å²) in [4.78, 5) is 51.3. The lowest BCUT2D eigenvalue weighted by Crippen LogP contribution is -2.48. The van der Waals surface area contributed by atoms with Gasteiger partial charge >= 0.3 is 11.9 Å². The molecule has 8 nitrogen and oxygen atoms in total. The molecule has 2 amide bonds. The van der Waals surface area contributed by atoms with E-state index < -0.39 is 24.1 Å². The zero-order chi connectivity index (χ0) is 19.9. The number of hydrogen-bond donors (Lipinski definition) is 0. The molecule has 0 saturated carbocycles. The summed E-state index contributed by atoms with van der Waals surface area (Å²) in [6, 6.07) is -0.646. The van der Waals surface area contributed by atoms with Crippen LogP contribution < -0.4 is 0 Å². The number of rotatable bonds is 7. The number of esters is 2. The predicted molar refractivity (Wildman–Crippen MR) is 93.9 cm³/mol. The molecule has 0 radical (unpaired) electrons. The van der Waals surface area contributed by atoms with Crippen molar-refractivity contribution in [1.82, 2.24) is 9.80 Å². The number of nitrogens with zero attached hydrogens (tertiary/aromatic N) is 2. The number of likely N-dealkylation sites (N-methyl/N-ethyl adjacent to an activating group) is 1. The van der Waals surface area contributed by atoms with Crippen molar-refractivity contribution in [3.05, 3.63) is 12.2 Å². The van der Waals surface area contributed by atoms with Crippen molar-refractivity contribution in [3.8, 4) is 0 Å². The standard InChI is InChI=1S/C18H28N2O6/c1-6-19(7-2)18(24)14-10-13(11-20(14)17(23)12(3)4)26-16(22)9-8-15(21)25-5/h8-9,12-14H,6-7,10-11H2,1-5H3/b9-8+/t13-,14?/m1/s1. The molecule has 0 aliphatic carbocycles. The summed E-state index contributed by atoms with van der Waals surface area (Å²) in [5, 5.41) is 0. The van der Waals surface area contributed by atoms with Crippen molar-refractivity contribution in [1.29, 1.82) is 0 Å². The first kappa shape index (κ1) is 21.7. The van der Waals surface area contributed by atoms with Gasteiger partial charge in [0.15, 0.2) is 0 Å². The van der Waals surface area contributed by atoms with Gasteiger partial charge in [0.25, 0.3) is 0 Å². The second-order valence-electron chi connectivity index (χ2n) is 6.32. The Morgan fingerprint density at radius 2 is 1.69 bits per heavy atom. The molecule has 1 saturated heterocycles.